The minimum Gasteiger partial charge on any atom is -0.376 e. The lowest BCUT2D eigenvalue weighted by Gasteiger charge is -2.39. The maximum Gasteiger partial charge on any atom is 0.0674 e. The summed E-state index contributed by atoms with van der Waals surface area (Å²) in [5.74, 6) is 0. The van der Waals surface area contributed by atoms with Gasteiger partial charge in [0.15, 0.2) is 0 Å². The van der Waals surface area contributed by atoms with Gasteiger partial charge >= 0.3 is 0 Å². The molecule has 1 fully saturated rings. The number of nitrogens with one attached hydrogen (secondary N) is 1. The summed E-state index contributed by atoms with van der Waals surface area (Å²) in [7, 11) is 2.03. The molecule has 1 N–H and O–H groups in total. The Bertz CT molecular complexity index is 382. The zero-order valence-corrected chi connectivity index (χ0v) is 12.4. The van der Waals surface area contributed by atoms with Crippen LogP contribution in [0.4, 0.5) is 0 Å². The number of morpholine rings is 1. The first-order chi connectivity index (χ1) is 9.14. The highest BCUT2D eigenvalue weighted by Gasteiger charge is 2.30. The molecule has 0 aliphatic carbocycles. The summed E-state index contributed by atoms with van der Waals surface area (Å²) in [5.41, 5.74) is 1.55. The summed E-state index contributed by atoms with van der Waals surface area (Å²) in [5, 5.41) is 3.35. The van der Waals surface area contributed by atoms with Crippen LogP contribution in [0.1, 0.15) is 19.4 Å². The van der Waals surface area contributed by atoms with Crippen molar-refractivity contribution >= 4 is 0 Å². The summed E-state index contributed by atoms with van der Waals surface area (Å²) in [4.78, 5) is 2.53. The molecular weight excluding hydrogens is 236 g/mol. The second-order valence-corrected chi connectivity index (χ2v) is 5.87. The van der Waals surface area contributed by atoms with Crippen LogP contribution in [-0.4, -0.2) is 50.8 Å². The Kier molecular flexibility index (Phi) is 4.97. The first kappa shape index (κ1) is 14.5. The number of likely N-dealkylation sites (N-methyl/N-ethyl adjacent to an activating group) is 1. The number of ether oxygens (including phenoxy) is 1. The van der Waals surface area contributed by atoms with E-state index in [0.29, 0.717) is 6.10 Å². The standard InChI is InChI=1S/C16H26N2O/c1-14-11-18(9-10-19-14)13-16(2,12-17-3)15-7-5-4-6-8-15/h4-8,14,17H,9-13H2,1-3H3. The van der Waals surface area contributed by atoms with Crippen LogP contribution in [0.15, 0.2) is 30.3 Å². The molecule has 3 heteroatoms. The average Bonchev–Trinajstić information content (AvgIpc) is 2.40. The smallest absolute Gasteiger partial charge is 0.0674 e. The van der Waals surface area contributed by atoms with Crippen LogP contribution in [0.5, 0.6) is 0 Å². The largest absolute Gasteiger partial charge is 0.376 e. The molecular formula is C16H26N2O. The van der Waals surface area contributed by atoms with Crippen LogP contribution in [0, 0.1) is 0 Å². The topological polar surface area (TPSA) is 24.5 Å². The molecule has 2 rings (SSSR count). The third-order valence-corrected chi connectivity index (χ3v) is 3.94. The summed E-state index contributed by atoms with van der Waals surface area (Å²) >= 11 is 0. The van der Waals surface area contributed by atoms with E-state index in [4.69, 9.17) is 4.74 Å². The van der Waals surface area contributed by atoms with E-state index in [9.17, 15) is 0 Å². The van der Waals surface area contributed by atoms with E-state index in [-0.39, 0.29) is 5.41 Å². The summed E-state index contributed by atoms with van der Waals surface area (Å²) in [6.07, 6.45) is 0.350. The third-order valence-electron chi connectivity index (χ3n) is 3.94. The highest BCUT2D eigenvalue weighted by Crippen LogP contribution is 2.25. The molecule has 0 saturated carbocycles. The van der Waals surface area contributed by atoms with Gasteiger partial charge in [0.25, 0.3) is 0 Å². The monoisotopic (exact) mass is 262 g/mol. The number of hydrogen-bond donors (Lipinski definition) is 1. The normalized spacial score (nSPS) is 24.1. The Morgan fingerprint density at radius 3 is 2.74 bits per heavy atom. The summed E-state index contributed by atoms with van der Waals surface area (Å²) in [6, 6.07) is 10.8. The van der Waals surface area contributed by atoms with Gasteiger partial charge in [0, 0.05) is 31.6 Å². The van der Waals surface area contributed by atoms with Crippen molar-refractivity contribution in [2.45, 2.75) is 25.4 Å². The minimum atomic E-state index is 0.146. The molecule has 106 valence electrons. The van der Waals surface area contributed by atoms with Crippen molar-refractivity contribution in [2.24, 2.45) is 0 Å². The fourth-order valence-electron chi connectivity index (χ4n) is 3.01. The zero-order chi connectivity index (χ0) is 13.7. The van der Waals surface area contributed by atoms with E-state index in [1.54, 1.807) is 0 Å². The van der Waals surface area contributed by atoms with Crippen LogP contribution < -0.4 is 5.32 Å². The van der Waals surface area contributed by atoms with Gasteiger partial charge in [-0.1, -0.05) is 37.3 Å². The summed E-state index contributed by atoms with van der Waals surface area (Å²) < 4.78 is 5.63. The maximum absolute atomic E-state index is 5.63. The van der Waals surface area contributed by atoms with E-state index in [1.807, 2.05) is 7.05 Å². The van der Waals surface area contributed by atoms with Gasteiger partial charge in [0.2, 0.25) is 0 Å². The molecule has 2 unspecified atom stereocenters. The number of benzene rings is 1. The molecule has 1 heterocycles. The molecule has 1 aromatic rings. The van der Waals surface area contributed by atoms with Crippen LogP contribution in [-0.2, 0) is 10.2 Å². The highest BCUT2D eigenvalue weighted by atomic mass is 16.5. The van der Waals surface area contributed by atoms with Crippen LogP contribution in [0.2, 0.25) is 0 Å². The SMILES string of the molecule is CNCC(C)(CN1CCOC(C)C1)c1ccccc1. The first-order valence-electron chi connectivity index (χ1n) is 7.18. The molecule has 1 aliphatic rings. The van der Waals surface area contributed by atoms with E-state index < -0.39 is 0 Å². The van der Waals surface area contributed by atoms with Crippen LogP contribution in [0.25, 0.3) is 0 Å². The predicted molar refractivity (Wildman–Crippen MR) is 79.6 cm³/mol. The van der Waals surface area contributed by atoms with E-state index in [2.05, 4.69) is 54.4 Å². The third kappa shape index (κ3) is 3.78. The first-order valence-corrected chi connectivity index (χ1v) is 7.18. The van der Waals surface area contributed by atoms with Gasteiger partial charge in [0.1, 0.15) is 0 Å². The molecule has 1 aromatic carbocycles. The minimum absolute atomic E-state index is 0.146. The number of hydrogen-bond acceptors (Lipinski definition) is 3. The Hall–Kier alpha value is -0.900. The van der Waals surface area contributed by atoms with Crippen LogP contribution in [0.3, 0.4) is 0 Å². The van der Waals surface area contributed by atoms with E-state index >= 15 is 0 Å². The molecule has 19 heavy (non-hydrogen) atoms. The van der Waals surface area contributed by atoms with Crippen molar-refractivity contribution in [3.05, 3.63) is 35.9 Å². The van der Waals surface area contributed by atoms with Crippen molar-refractivity contribution in [3.8, 4) is 0 Å². The fraction of sp³-hybridized carbons (Fsp3) is 0.625. The Labute approximate surface area is 116 Å². The lowest BCUT2D eigenvalue weighted by Crippen LogP contribution is -2.50. The Balaban J connectivity index is 2.10. The number of nitrogens with zero attached hydrogens (tertiary/aromatic N) is 1. The van der Waals surface area contributed by atoms with Crippen molar-refractivity contribution < 1.29 is 4.74 Å². The van der Waals surface area contributed by atoms with Gasteiger partial charge in [-0.2, -0.15) is 0 Å². The maximum atomic E-state index is 5.63. The van der Waals surface area contributed by atoms with E-state index in [1.165, 1.54) is 5.56 Å². The molecule has 2 atom stereocenters. The van der Waals surface area contributed by atoms with Gasteiger partial charge in [-0.05, 0) is 19.5 Å². The van der Waals surface area contributed by atoms with Gasteiger partial charge in [-0.15, -0.1) is 0 Å². The molecule has 3 nitrogen and oxygen atoms in total. The van der Waals surface area contributed by atoms with Crippen molar-refractivity contribution in [1.29, 1.82) is 0 Å². The molecule has 0 bridgehead atoms. The highest BCUT2D eigenvalue weighted by molar-refractivity contribution is 5.25. The van der Waals surface area contributed by atoms with Gasteiger partial charge in [0.05, 0.1) is 12.7 Å². The van der Waals surface area contributed by atoms with Gasteiger partial charge in [-0.3, -0.25) is 4.90 Å². The van der Waals surface area contributed by atoms with Crippen molar-refractivity contribution in [2.75, 3.05) is 39.8 Å². The molecule has 1 saturated heterocycles. The molecule has 0 amide bonds. The molecule has 0 radical (unpaired) electrons. The zero-order valence-electron chi connectivity index (χ0n) is 12.4. The molecule has 0 aromatic heterocycles. The average molecular weight is 262 g/mol. The fourth-order valence-corrected chi connectivity index (χ4v) is 3.01. The summed E-state index contributed by atoms with van der Waals surface area (Å²) in [6.45, 7) is 9.49. The van der Waals surface area contributed by atoms with E-state index in [0.717, 1.165) is 32.8 Å². The second kappa shape index (κ2) is 6.51. The molecule has 1 aliphatic heterocycles. The molecule has 0 spiro atoms. The lowest BCUT2D eigenvalue weighted by molar-refractivity contribution is -0.0245. The second-order valence-electron chi connectivity index (χ2n) is 5.87. The number of rotatable bonds is 5. The van der Waals surface area contributed by atoms with Crippen molar-refractivity contribution in [1.82, 2.24) is 10.2 Å². The van der Waals surface area contributed by atoms with Gasteiger partial charge in [-0.25, -0.2) is 0 Å². The quantitative estimate of drug-likeness (QED) is 0.877. The van der Waals surface area contributed by atoms with Gasteiger partial charge < -0.3 is 10.1 Å². The predicted octanol–water partition coefficient (Wildman–Crippen LogP) is 1.88. The lowest BCUT2D eigenvalue weighted by atomic mass is 9.81. The Morgan fingerprint density at radius 2 is 2.11 bits per heavy atom. The Morgan fingerprint density at radius 1 is 1.37 bits per heavy atom. The van der Waals surface area contributed by atoms with Crippen molar-refractivity contribution in [3.63, 3.8) is 0 Å². The van der Waals surface area contributed by atoms with Crippen LogP contribution >= 0.6 is 0 Å².